The van der Waals surface area contributed by atoms with Gasteiger partial charge in [0.2, 0.25) is 5.91 Å². The SMILES string of the molecule is Cc1nc(Cc2cccc3ccccc23)sc1CC(=O)Nc1ccc(N2CCN(C)CC2)cc1. The molecule has 1 aliphatic heterocycles. The van der Waals surface area contributed by atoms with Crippen LogP contribution in [0, 0.1) is 6.92 Å². The number of fused-ring (bicyclic) bond motifs is 1. The summed E-state index contributed by atoms with van der Waals surface area (Å²) in [7, 11) is 2.16. The van der Waals surface area contributed by atoms with Gasteiger partial charge >= 0.3 is 0 Å². The summed E-state index contributed by atoms with van der Waals surface area (Å²) >= 11 is 1.64. The Balaban J connectivity index is 1.21. The van der Waals surface area contributed by atoms with Crippen LogP contribution in [0.5, 0.6) is 0 Å². The van der Waals surface area contributed by atoms with Crippen molar-refractivity contribution in [3.8, 4) is 0 Å². The van der Waals surface area contributed by atoms with E-state index in [0.29, 0.717) is 6.42 Å². The topological polar surface area (TPSA) is 48.5 Å². The smallest absolute Gasteiger partial charge is 0.229 e. The second-order valence-electron chi connectivity index (χ2n) is 8.99. The highest BCUT2D eigenvalue weighted by molar-refractivity contribution is 7.11. The van der Waals surface area contributed by atoms with Crippen molar-refractivity contribution in [2.24, 2.45) is 0 Å². The van der Waals surface area contributed by atoms with E-state index in [-0.39, 0.29) is 5.91 Å². The van der Waals surface area contributed by atoms with Crippen LogP contribution in [0.2, 0.25) is 0 Å². The number of carbonyl (C=O) groups is 1. The van der Waals surface area contributed by atoms with Crippen LogP contribution in [-0.4, -0.2) is 49.0 Å². The van der Waals surface area contributed by atoms with E-state index in [4.69, 9.17) is 4.98 Å². The number of rotatable bonds is 6. The molecule has 0 unspecified atom stereocenters. The van der Waals surface area contributed by atoms with Crippen molar-refractivity contribution in [1.29, 1.82) is 0 Å². The average molecular weight is 471 g/mol. The first-order valence-corrected chi connectivity index (χ1v) is 12.6. The largest absolute Gasteiger partial charge is 0.369 e. The Hall–Kier alpha value is -3.22. The van der Waals surface area contributed by atoms with Gasteiger partial charge in [0.05, 0.1) is 17.1 Å². The molecule has 1 fully saturated rings. The van der Waals surface area contributed by atoms with Crippen molar-refractivity contribution in [3.63, 3.8) is 0 Å². The maximum atomic E-state index is 12.8. The lowest BCUT2D eigenvalue weighted by atomic mass is 10.0. The minimum absolute atomic E-state index is 0.00388. The third-order valence-electron chi connectivity index (χ3n) is 6.50. The zero-order valence-corrected chi connectivity index (χ0v) is 20.6. The summed E-state index contributed by atoms with van der Waals surface area (Å²) in [5.41, 5.74) is 4.26. The summed E-state index contributed by atoms with van der Waals surface area (Å²) in [6.07, 6.45) is 1.13. The molecule has 174 valence electrons. The first-order chi connectivity index (χ1) is 16.5. The Bertz CT molecular complexity index is 1280. The minimum atomic E-state index is -0.00388. The van der Waals surface area contributed by atoms with E-state index in [2.05, 4.69) is 76.8 Å². The molecular formula is C28H30N4OS. The number of amides is 1. The van der Waals surface area contributed by atoms with Crippen molar-refractivity contribution in [2.45, 2.75) is 19.8 Å². The Morgan fingerprint density at radius 3 is 2.50 bits per heavy atom. The number of aryl methyl sites for hydroxylation is 1. The van der Waals surface area contributed by atoms with Gasteiger partial charge in [-0.1, -0.05) is 42.5 Å². The molecule has 0 spiro atoms. The number of nitrogens with zero attached hydrogens (tertiary/aromatic N) is 3. The number of likely N-dealkylation sites (N-methyl/N-ethyl adjacent to an activating group) is 1. The van der Waals surface area contributed by atoms with Gasteiger partial charge in [-0.2, -0.15) is 0 Å². The number of aromatic nitrogens is 1. The quantitative estimate of drug-likeness (QED) is 0.425. The summed E-state index contributed by atoms with van der Waals surface area (Å²) in [6.45, 7) is 6.23. The van der Waals surface area contributed by atoms with Gasteiger partial charge in [-0.3, -0.25) is 4.79 Å². The summed E-state index contributed by atoms with van der Waals surface area (Å²) in [5.74, 6) is -0.00388. The number of benzene rings is 3. The average Bonchev–Trinajstić information content (AvgIpc) is 3.18. The molecule has 2 heterocycles. The van der Waals surface area contributed by atoms with Crippen molar-refractivity contribution in [3.05, 3.63) is 87.9 Å². The zero-order valence-electron chi connectivity index (χ0n) is 19.8. The fraction of sp³-hybridized carbons (Fsp3) is 0.286. The van der Waals surface area contributed by atoms with Gasteiger partial charge in [0.1, 0.15) is 0 Å². The standard InChI is InChI=1S/C28H30N4OS/c1-20-26(34-28(29-20)18-22-8-5-7-21-6-3-4-9-25(21)22)19-27(33)30-23-10-12-24(13-11-23)32-16-14-31(2)15-17-32/h3-13H,14-19H2,1-2H3,(H,30,33). The summed E-state index contributed by atoms with van der Waals surface area (Å²) in [4.78, 5) is 23.3. The van der Waals surface area contributed by atoms with E-state index in [0.717, 1.165) is 53.9 Å². The fourth-order valence-electron chi connectivity index (χ4n) is 4.51. The molecule has 34 heavy (non-hydrogen) atoms. The molecule has 1 aliphatic rings. The van der Waals surface area contributed by atoms with Crippen molar-refractivity contribution in [2.75, 3.05) is 43.4 Å². The predicted octanol–water partition coefficient (Wildman–Crippen LogP) is 5.13. The summed E-state index contributed by atoms with van der Waals surface area (Å²) in [6, 6.07) is 23.0. The van der Waals surface area contributed by atoms with Gasteiger partial charge in [-0.05, 0) is 54.6 Å². The monoisotopic (exact) mass is 470 g/mol. The number of hydrogen-bond acceptors (Lipinski definition) is 5. The van der Waals surface area contributed by atoms with Crippen LogP contribution in [0.15, 0.2) is 66.7 Å². The highest BCUT2D eigenvalue weighted by atomic mass is 32.1. The fourth-order valence-corrected chi connectivity index (χ4v) is 5.60. The highest BCUT2D eigenvalue weighted by Crippen LogP contribution is 2.26. The summed E-state index contributed by atoms with van der Waals surface area (Å²) < 4.78 is 0. The number of nitrogens with one attached hydrogen (secondary N) is 1. The van der Waals surface area contributed by atoms with E-state index in [1.807, 2.05) is 19.1 Å². The van der Waals surface area contributed by atoms with E-state index >= 15 is 0 Å². The molecule has 1 saturated heterocycles. The molecule has 5 rings (SSSR count). The second-order valence-corrected chi connectivity index (χ2v) is 10.2. The van der Waals surface area contributed by atoms with Crippen molar-refractivity contribution >= 4 is 39.4 Å². The van der Waals surface area contributed by atoms with Crippen LogP contribution in [0.4, 0.5) is 11.4 Å². The van der Waals surface area contributed by atoms with Gasteiger partial charge < -0.3 is 15.1 Å². The lowest BCUT2D eigenvalue weighted by Crippen LogP contribution is -2.44. The molecule has 1 amide bonds. The molecule has 0 aliphatic carbocycles. The third-order valence-corrected chi connectivity index (χ3v) is 7.66. The molecule has 0 atom stereocenters. The Morgan fingerprint density at radius 2 is 1.71 bits per heavy atom. The number of piperazine rings is 1. The van der Waals surface area contributed by atoms with Crippen molar-refractivity contribution in [1.82, 2.24) is 9.88 Å². The van der Waals surface area contributed by atoms with Crippen LogP contribution in [0.3, 0.4) is 0 Å². The van der Waals surface area contributed by atoms with Crippen LogP contribution in [0.1, 0.15) is 21.1 Å². The number of hydrogen-bond donors (Lipinski definition) is 1. The molecule has 6 heteroatoms. The molecule has 0 bridgehead atoms. The maximum Gasteiger partial charge on any atom is 0.229 e. The van der Waals surface area contributed by atoms with Gasteiger partial charge in [-0.15, -0.1) is 11.3 Å². The lowest BCUT2D eigenvalue weighted by Gasteiger charge is -2.34. The Morgan fingerprint density at radius 1 is 0.971 bits per heavy atom. The zero-order chi connectivity index (χ0) is 23.5. The molecule has 0 saturated carbocycles. The molecule has 3 aromatic carbocycles. The van der Waals surface area contributed by atoms with E-state index in [1.54, 1.807) is 11.3 Å². The molecule has 5 nitrogen and oxygen atoms in total. The van der Waals surface area contributed by atoms with E-state index in [9.17, 15) is 4.79 Å². The van der Waals surface area contributed by atoms with Gasteiger partial charge in [-0.25, -0.2) is 4.98 Å². The van der Waals surface area contributed by atoms with Gasteiger partial charge in [0.15, 0.2) is 0 Å². The maximum absolute atomic E-state index is 12.8. The van der Waals surface area contributed by atoms with Crippen LogP contribution in [0.25, 0.3) is 10.8 Å². The second kappa shape index (κ2) is 9.95. The van der Waals surface area contributed by atoms with E-state index < -0.39 is 0 Å². The van der Waals surface area contributed by atoms with Crippen molar-refractivity contribution < 1.29 is 4.79 Å². The third kappa shape index (κ3) is 5.13. The molecule has 1 N–H and O–H groups in total. The van der Waals surface area contributed by atoms with Crippen LogP contribution < -0.4 is 10.2 Å². The van der Waals surface area contributed by atoms with Gasteiger partial charge in [0.25, 0.3) is 0 Å². The van der Waals surface area contributed by atoms with Gasteiger partial charge in [0, 0.05) is 48.9 Å². The predicted molar refractivity (Wildman–Crippen MR) is 142 cm³/mol. The molecular weight excluding hydrogens is 440 g/mol. The Kier molecular flexibility index (Phi) is 6.61. The molecule has 4 aromatic rings. The van der Waals surface area contributed by atoms with Crippen LogP contribution >= 0.6 is 11.3 Å². The molecule has 0 radical (unpaired) electrons. The van der Waals surface area contributed by atoms with Crippen LogP contribution in [-0.2, 0) is 17.6 Å². The Labute approximate surface area is 205 Å². The number of carbonyl (C=O) groups excluding carboxylic acids is 1. The number of anilines is 2. The first kappa shape index (κ1) is 22.6. The van der Waals surface area contributed by atoms with E-state index in [1.165, 1.54) is 22.0 Å². The molecule has 1 aromatic heterocycles. The summed E-state index contributed by atoms with van der Waals surface area (Å²) in [5, 5.41) is 6.60. The highest BCUT2D eigenvalue weighted by Gasteiger charge is 2.16. The normalized spacial score (nSPS) is 14.5. The first-order valence-electron chi connectivity index (χ1n) is 11.8. The lowest BCUT2D eigenvalue weighted by molar-refractivity contribution is -0.115. The number of thiazole rings is 1. The minimum Gasteiger partial charge on any atom is -0.369 e.